The van der Waals surface area contributed by atoms with E-state index in [1.807, 2.05) is 36.4 Å². The lowest BCUT2D eigenvalue weighted by atomic mass is 9.78. The van der Waals surface area contributed by atoms with Crippen LogP contribution in [0.1, 0.15) is 76.0 Å². The molecule has 0 aromatic heterocycles. The van der Waals surface area contributed by atoms with Gasteiger partial charge in [0.1, 0.15) is 0 Å². The van der Waals surface area contributed by atoms with Gasteiger partial charge >= 0.3 is 0 Å². The second kappa shape index (κ2) is 9.13. The molecule has 0 spiro atoms. The molecule has 0 bridgehead atoms. The summed E-state index contributed by atoms with van der Waals surface area (Å²) in [5, 5.41) is 19.3. The molecule has 37 heavy (non-hydrogen) atoms. The molecular weight excluding hydrogens is 456 g/mol. The van der Waals surface area contributed by atoms with Gasteiger partial charge in [0.05, 0.1) is 0 Å². The van der Waals surface area contributed by atoms with Gasteiger partial charge in [0.25, 0.3) is 0 Å². The molecular formula is C34H33O3. The molecule has 1 radical (unpaired) electrons. The summed E-state index contributed by atoms with van der Waals surface area (Å²) in [5.41, 5.74) is 4.68. The fourth-order valence-electron chi connectivity index (χ4n) is 6.37. The Hall–Kier alpha value is -3.46. The minimum atomic E-state index is -0.0555. The van der Waals surface area contributed by atoms with Crippen molar-refractivity contribution < 1.29 is 5.11 Å². The van der Waals surface area contributed by atoms with Crippen molar-refractivity contribution in [1.82, 2.24) is 0 Å². The van der Waals surface area contributed by atoms with Crippen molar-refractivity contribution in [3.8, 4) is 16.9 Å². The average Bonchev–Trinajstić information content (AvgIpc) is 2.92. The summed E-state index contributed by atoms with van der Waals surface area (Å²) in [5.74, 6) is -0.0555. The number of hydrogen-bond acceptors (Lipinski definition) is 2. The first-order valence-electron chi connectivity index (χ1n) is 14.0. The van der Waals surface area contributed by atoms with E-state index >= 15 is 0 Å². The van der Waals surface area contributed by atoms with Crippen molar-refractivity contribution in [2.24, 2.45) is 0 Å². The van der Waals surface area contributed by atoms with Gasteiger partial charge in [-0.2, -0.15) is 0 Å². The summed E-state index contributed by atoms with van der Waals surface area (Å²) in [6, 6.07) is 12.1. The van der Waals surface area contributed by atoms with Crippen molar-refractivity contribution in [3.05, 3.63) is 73.5 Å². The third-order valence-electron chi connectivity index (χ3n) is 8.27. The first-order chi connectivity index (χ1) is 18.0. The van der Waals surface area contributed by atoms with E-state index < -0.39 is 0 Å². The van der Waals surface area contributed by atoms with E-state index in [-0.39, 0.29) is 16.6 Å². The number of hydrogen-bond donors (Lipinski definition) is 0. The first kappa shape index (κ1) is 23.9. The minimum Gasteiger partial charge on any atom is -0.289 e. The van der Waals surface area contributed by atoms with Crippen molar-refractivity contribution in [3.63, 3.8) is 0 Å². The number of rotatable bonds is 9. The Kier molecular flexibility index (Phi) is 5.90. The van der Waals surface area contributed by atoms with Gasteiger partial charge in [0.15, 0.2) is 16.6 Å². The van der Waals surface area contributed by atoms with E-state index in [1.165, 1.54) is 0 Å². The van der Waals surface area contributed by atoms with Crippen LogP contribution < -0.4 is 10.9 Å². The van der Waals surface area contributed by atoms with Crippen molar-refractivity contribution >= 4 is 43.1 Å². The lowest BCUT2D eigenvalue weighted by Crippen LogP contribution is -2.14. The molecule has 0 saturated heterocycles. The Labute approximate surface area is 217 Å². The molecule has 4 aromatic rings. The number of unbranched alkanes of at least 4 members (excludes halogenated alkanes) is 3. The van der Waals surface area contributed by atoms with E-state index in [4.69, 9.17) is 0 Å². The van der Waals surface area contributed by atoms with Gasteiger partial charge in [-0.1, -0.05) is 40.0 Å². The highest BCUT2D eigenvalue weighted by atomic mass is 16.3. The zero-order valence-corrected chi connectivity index (χ0v) is 22.1. The summed E-state index contributed by atoms with van der Waals surface area (Å²) >= 11 is 0. The second-order valence-corrected chi connectivity index (χ2v) is 10.9. The molecule has 2 aliphatic rings. The SMILES string of the molecule is CCCCc1cc2c3c(c1)c(=O)c1cc(CCCC)cc4c([O])c5cc(CCCC)cc(c2=O)c5c-3c41. The summed E-state index contributed by atoms with van der Waals surface area (Å²) in [6.07, 6.45) is 8.70. The molecule has 3 heteroatoms. The summed E-state index contributed by atoms with van der Waals surface area (Å²) in [7, 11) is 0. The smallest absolute Gasteiger partial charge is 0.194 e. The Morgan fingerprint density at radius 3 is 1.22 bits per heavy atom. The van der Waals surface area contributed by atoms with Crippen LogP contribution in [-0.4, -0.2) is 0 Å². The van der Waals surface area contributed by atoms with Crippen LogP contribution in [0.3, 0.4) is 0 Å². The van der Waals surface area contributed by atoms with E-state index in [2.05, 4.69) is 20.8 Å². The molecule has 6 rings (SSSR count). The topological polar surface area (TPSA) is 54.0 Å². The molecule has 0 heterocycles. The Morgan fingerprint density at radius 1 is 0.486 bits per heavy atom. The average molecular weight is 490 g/mol. The Balaban J connectivity index is 1.86. The minimum absolute atomic E-state index is 0.0555. The highest BCUT2D eigenvalue weighted by molar-refractivity contribution is 6.32. The van der Waals surface area contributed by atoms with Gasteiger partial charge < -0.3 is 0 Å². The maximum Gasteiger partial charge on any atom is 0.194 e. The van der Waals surface area contributed by atoms with Crippen LogP contribution in [0, 0.1) is 0 Å². The van der Waals surface area contributed by atoms with Gasteiger partial charge in [0.2, 0.25) is 0 Å². The van der Waals surface area contributed by atoms with Gasteiger partial charge in [-0.3, -0.25) is 14.7 Å². The quantitative estimate of drug-likeness (QED) is 0.151. The zero-order chi connectivity index (χ0) is 25.8. The number of aryl methyl sites for hydroxylation is 3. The van der Waals surface area contributed by atoms with Crippen LogP contribution in [0.2, 0.25) is 0 Å². The van der Waals surface area contributed by atoms with Crippen LogP contribution in [0.5, 0.6) is 5.75 Å². The maximum absolute atomic E-state index is 14.0. The molecule has 3 nitrogen and oxygen atoms in total. The number of benzene rings is 6. The van der Waals surface area contributed by atoms with Gasteiger partial charge in [-0.05, 0) is 91.6 Å². The van der Waals surface area contributed by atoms with Crippen molar-refractivity contribution in [2.75, 3.05) is 0 Å². The molecule has 0 atom stereocenters. The van der Waals surface area contributed by atoms with E-state index in [9.17, 15) is 14.7 Å². The predicted octanol–water partition coefficient (Wildman–Crippen LogP) is 8.61. The molecule has 0 N–H and O–H groups in total. The highest BCUT2D eigenvalue weighted by Crippen LogP contribution is 2.50. The van der Waals surface area contributed by atoms with Gasteiger partial charge in [-0.25, -0.2) is 0 Å². The molecule has 0 fully saturated rings. The molecule has 0 aliphatic heterocycles. The van der Waals surface area contributed by atoms with Gasteiger partial charge in [0, 0.05) is 54.2 Å². The molecule has 4 aromatic carbocycles. The van der Waals surface area contributed by atoms with Crippen LogP contribution >= 0.6 is 0 Å². The fourth-order valence-corrected chi connectivity index (χ4v) is 6.37. The third kappa shape index (κ3) is 3.54. The lowest BCUT2D eigenvalue weighted by Gasteiger charge is -2.23. The third-order valence-corrected chi connectivity index (χ3v) is 8.27. The second-order valence-electron chi connectivity index (χ2n) is 10.9. The monoisotopic (exact) mass is 489 g/mol. The Bertz CT molecular complexity index is 1710. The molecule has 2 aliphatic carbocycles. The lowest BCUT2D eigenvalue weighted by molar-refractivity contribution is 0.365. The van der Waals surface area contributed by atoms with Gasteiger partial charge in [-0.15, -0.1) is 0 Å². The standard InChI is InChI=1S/C34H33O3/c1-4-7-10-19-13-22-28-23(14-19)33(36)25-16-21(12-9-6-3)18-27-30(25)31(28)29-24(32(22)35)15-20(11-8-5-2)17-26(29)34(27)37/h13-18H,4-12H2,1-3H3. The van der Waals surface area contributed by atoms with E-state index in [0.717, 1.165) is 96.4 Å². The predicted molar refractivity (Wildman–Crippen MR) is 155 cm³/mol. The molecule has 187 valence electrons. The van der Waals surface area contributed by atoms with Crippen molar-refractivity contribution in [2.45, 2.75) is 78.6 Å². The highest BCUT2D eigenvalue weighted by Gasteiger charge is 2.29. The van der Waals surface area contributed by atoms with Crippen LogP contribution in [0.4, 0.5) is 0 Å². The largest absolute Gasteiger partial charge is 0.289 e. The molecule has 0 unspecified atom stereocenters. The summed E-state index contributed by atoms with van der Waals surface area (Å²) < 4.78 is 0. The zero-order valence-electron chi connectivity index (χ0n) is 22.1. The van der Waals surface area contributed by atoms with E-state index in [0.29, 0.717) is 32.3 Å². The van der Waals surface area contributed by atoms with Crippen LogP contribution in [0.15, 0.2) is 46.0 Å². The molecule has 0 saturated carbocycles. The van der Waals surface area contributed by atoms with Crippen LogP contribution in [0.25, 0.3) is 54.2 Å². The fraction of sp³-hybridized carbons (Fsp3) is 0.353. The maximum atomic E-state index is 14.0. The summed E-state index contributed by atoms with van der Waals surface area (Å²) in [6.45, 7) is 6.45. The van der Waals surface area contributed by atoms with Crippen molar-refractivity contribution in [1.29, 1.82) is 0 Å². The first-order valence-corrected chi connectivity index (χ1v) is 14.0. The Morgan fingerprint density at radius 2 is 0.838 bits per heavy atom. The normalized spacial score (nSPS) is 12.4. The van der Waals surface area contributed by atoms with E-state index in [1.54, 1.807) is 0 Å². The summed E-state index contributed by atoms with van der Waals surface area (Å²) in [4.78, 5) is 28.1. The van der Waals surface area contributed by atoms with Crippen LogP contribution in [-0.2, 0) is 24.4 Å². The molecule has 0 amide bonds.